The van der Waals surface area contributed by atoms with Crippen LogP contribution in [-0.2, 0) is 18.6 Å². The van der Waals surface area contributed by atoms with Gasteiger partial charge in [0, 0.05) is 0 Å². The monoisotopic (exact) mass is 336 g/mol. The maximum absolute atomic E-state index is 6.24. The molecule has 2 saturated heterocycles. The molecule has 0 aromatic heterocycles. The number of rotatable bonds is 5. The van der Waals surface area contributed by atoms with Crippen molar-refractivity contribution < 1.29 is 18.6 Å². The highest BCUT2D eigenvalue weighted by Crippen LogP contribution is 2.41. The van der Waals surface area contributed by atoms with Crippen molar-refractivity contribution in [3.8, 4) is 0 Å². The van der Waals surface area contributed by atoms with Crippen LogP contribution in [0.1, 0.15) is 81.6 Å². The summed E-state index contributed by atoms with van der Waals surface area (Å²) in [7, 11) is -0.693. The third-order valence-corrected chi connectivity index (χ3v) is 6.00. The van der Waals surface area contributed by atoms with Crippen LogP contribution in [0.15, 0.2) is 11.4 Å². The summed E-state index contributed by atoms with van der Waals surface area (Å²) in [6.45, 7) is 18.8. The zero-order chi connectivity index (χ0) is 18.4. The van der Waals surface area contributed by atoms with Crippen LogP contribution in [0.3, 0.4) is 0 Å². The minimum absolute atomic E-state index is 0.333. The molecule has 0 aliphatic carbocycles. The predicted molar refractivity (Wildman–Crippen MR) is 99.8 cm³/mol. The normalized spacial score (nSPS) is 27.8. The molecule has 0 amide bonds. The highest BCUT2D eigenvalue weighted by atomic mass is 16.7. The summed E-state index contributed by atoms with van der Waals surface area (Å²) < 4.78 is 24.7. The van der Waals surface area contributed by atoms with Gasteiger partial charge in [-0.25, -0.2) is 0 Å². The Kier molecular flexibility index (Phi) is 5.39. The summed E-state index contributed by atoms with van der Waals surface area (Å²) in [5.74, 6) is 2.06. The van der Waals surface area contributed by atoms with Gasteiger partial charge in [-0.1, -0.05) is 25.7 Å². The summed E-state index contributed by atoms with van der Waals surface area (Å²) in [6.07, 6.45) is 3.15. The minimum Gasteiger partial charge on any atom is -0.400 e. The lowest BCUT2D eigenvalue weighted by Gasteiger charge is -2.32. The highest BCUT2D eigenvalue weighted by Gasteiger charge is 2.54. The average molecular weight is 336 g/mol. The number of hydrogen-bond acceptors (Lipinski definition) is 4. The third kappa shape index (κ3) is 3.77. The van der Waals surface area contributed by atoms with Crippen LogP contribution in [0.25, 0.3) is 0 Å². The molecule has 4 nitrogen and oxygen atoms in total. The van der Waals surface area contributed by atoms with Crippen molar-refractivity contribution in [1.29, 1.82) is 0 Å². The van der Waals surface area contributed by atoms with Gasteiger partial charge in [-0.2, -0.15) is 0 Å². The lowest BCUT2D eigenvalue weighted by Crippen LogP contribution is -2.41. The molecule has 2 aliphatic rings. The zero-order valence-electron chi connectivity index (χ0n) is 17.0. The summed E-state index contributed by atoms with van der Waals surface area (Å²) in [5, 5.41) is 0. The lowest BCUT2D eigenvalue weighted by atomic mass is 9.69. The van der Waals surface area contributed by atoms with Gasteiger partial charge in [0.25, 0.3) is 0 Å². The molecule has 136 valence electrons. The van der Waals surface area contributed by atoms with Crippen LogP contribution >= 0.6 is 0 Å². The van der Waals surface area contributed by atoms with Gasteiger partial charge in [0.1, 0.15) is 0 Å². The Balaban J connectivity index is 2.21. The molecular weight excluding hydrogens is 302 g/mol. The molecule has 0 radical (unpaired) electrons. The molecule has 2 rings (SSSR count). The molecule has 0 bridgehead atoms. The Hall–Kier alpha value is -0.290. The lowest BCUT2D eigenvalue weighted by molar-refractivity contribution is 0.00578. The van der Waals surface area contributed by atoms with Crippen molar-refractivity contribution >= 4 is 14.2 Å². The van der Waals surface area contributed by atoms with E-state index >= 15 is 0 Å². The largest absolute Gasteiger partial charge is 0.489 e. The Labute approximate surface area is 148 Å². The maximum atomic E-state index is 6.24. The van der Waals surface area contributed by atoms with Crippen LogP contribution in [0, 0.1) is 0 Å². The second-order valence-electron chi connectivity index (χ2n) is 9.06. The molecule has 0 aromatic carbocycles. The van der Waals surface area contributed by atoms with Crippen LogP contribution in [0.5, 0.6) is 0 Å². The summed E-state index contributed by atoms with van der Waals surface area (Å²) in [4.78, 5) is 0. The van der Waals surface area contributed by atoms with Crippen LogP contribution in [0.4, 0.5) is 0 Å². The van der Waals surface area contributed by atoms with Gasteiger partial charge in [0.15, 0.2) is 0 Å². The molecule has 6 heteroatoms. The molecular formula is C18H34B2O4. The Morgan fingerprint density at radius 3 is 1.58 bits per heavy atom. The zero-order valence-corrected chi connectivity index (χ0v) is 17.0. The van der Waals surface area contributed by atoms with E-state index in [2.05, 4.69) is 68.3 Å². The van der Waals surface area contributed by atoms with Crippen molar-refractivity contribution in [3.05, 3.63) is 11.4 Å². The van der Waals surface area contributed by atoms with Crippen molar-refractivity contribution in [2.75, 3.05) is 0 Å². The molecule has 0 aromatic rings. The van der Waals surface area contributed by atoms with Gasteiger partial charge >= 0.3 is 14.2 Å². The summed E-state index contributed by atoms with van der Waals surface area (Å²) in [5.41, 5.74) is -0.216. The van der Waals surface area contributed by atoms with Crippen LogP contribution < -0.4 is 0 Å². The molecule has 0 atom stereocenters. The first kappa shape index (κ1) is 20.0. The van der Waals surface area contributed by atoms with Crippen LogP contribution in [0.2, 0.25) is 0 Å². The summed E-state index contributed by atoms with van der Waals surface area (Å²) >= 11 is 0. The van der Waals surface area contributed by atoms with E-state index in [0.29, 0.717) is 0 Å². The molecule has 2 fully saturated rings. The van der Waals surface area contributed by atoms with Gasteiger partial charge in [-0.15, -0.1) is 0 Å². The molecule has 2 aliphatic heterocycles. The van der Waals surface area contributed by atoms with Gasteiger partial charge in [-0.3, -0.25) is 0 Å². The van der Waals surface area contributed by atoms with Gasteiger partial charge < -0.3 is 18.6 Å². The smallest absolute Gasteiger partial charge is 0.400 e. The Morgan fingerprint density at radius 2 is 1.17 bits per heavy atom. The van der Waals surface area contributed by atoms with E-state index in [1.807, 2.05) is 0 Å². The highest BCUT2D eigenvalue weighted by molar-refractivity contribution is 6.60. The van der Waals surface area contributed by atoms with Gasteiger partial charge in [0.2, 0.25) is 0 Å². The minimum atomic E-state index is -0.360. The van der Waals surface area contributed by atoms with Crippen molar-refractivity contribution in [3.63, 3.8) is 0 Å². The van der Waals surface area contributed by atoms with E-state index in [1.165, 1.54) is 0 Å². The maximum Gasteiger partial charge on any atom is 0.489 e. The third-order valence-electron chi connectivity index (χ3n) is 6.00. The van der Waals surface area contributed by atoms with Crippen LogP contribution in [-0.4, -0.2) is 36.6 Å². The molecule has 2 heterocycles. The first-order valence-corrected chi connectivity index (χ1v) is 9.23. The van der Waals surface area contributed by atoms with E-state index in [9.17, 15) is 0 Å². The molecule has 24 heavy (non-hydrogen) atoms. The number of hydrogen-bond donors (Lipinski definition) is 0. The first-order valence-electron chi connectivity index (χ1n) is 9.23. The fraction of sp³-hybridized carbons (Fsp3) is 0.889. The second kappa shape index (κ2) is 6.46. The van der Waals surface area contributed by atoms with E-state index in [1.54, 1.807) is 0 Å². The van der Waals surface area contributed by atoms with E-state index in [0.717, 1.165) is 24.7 Å². The molecule has 0 unspecified atom stereocenters. The predicted octanol–water partition coefficient (Wildman–Crippen LogP) is 4.37. The Bertz CT molecular complexity index is 465. The quantitative estimate of drug-likeness (QED) is 0.699. The van der Waals surface area contributed by atoms with E-state index < -0.39 is 0 Å². The Morgan fingerprint density at radius 1 is 0.750 bits per heavy atom. The van der Waals surface area contributed by atoms with Crippen molar-refractivity contribution in [1.82, 2.24) is 0 Å². The SMILES string of the molecule is CCCC/C(=C/B1OC(C)(C)C(C)(C)O1)B1OC(C)(C)C(C)(C)O1. The molecule has 0 N–H and O–H groups in total. The van der Waals surface area contributed by atoms with Crippen molar-refractivity contribution in [2.45, 2.75) is 104 Å². The van der Waals surface area contributed by atoms with Gasteiger partial charge in [-0.05, 0) is 67.3 Å². The van der Waals surface area contributed by atoms with Crippen molar-refractivity contribution in [2.24, 2.45) is 0 Å². The van der Waals surface area contributed by atoms with E-state index in [-0.39, 0.29) is 36.6 Å². The first-order chi connectivity index (χ1) is 10.8. The molecule has 0 spiro atoms. The van der Waals surface area contributed by atoms with Gasteiger partial charge in [0.05, 0.1) is 22.4 Å². The second-order valence-corrected chi connectivity index (χ2v) is 9.06. The topological polar surface area (TPSA) is 36.9 Å². The summed E-state index contributed by atoms with van der Waals surface area (Å²) in [6, 6.07) is 0. The standard InChI is InChI=1S/C18H34B2O4/c1-10-11-12-14(20-23-17(6,7)18(8,9)24-20)13-19-21-15(2,3)16(4,5)22-19/h13H,10-12H2,1-9H3/b14-13-. The number of allylic oxidation sites excluding steroid dienone is 1. The average Bonchev–Trinajstić information content (AvgIpc) is 2.73. The fourth-order valence-corrected chi connectivity index (χ4v) is 2.79. The molecule has 0 saturated carbocycles. The fourth-order valence-electron chi connectivity index (χ4n) is 2.79. The number of unbranched alkanes of at least 4 members (excludes halogenated alkanes) is 1. The van der Waals surface area contributed by atoms with E-state index in [4.69, 9.17) is 18.6 Å².